The van der Waals surface area contributed by atoms with Crippen LogP contribution >= 0.6 is 23.5 Å². The van der Waals surface area contributed by atoms with E-state index in [4.69, 9.17) is 0 Å². The SMILES string of the molecule is CCSC(=O)C(SC)S(C)=O. The van der Waals surface area contributed by atoms with Crippen LogP contribution < -0.4 is 0 Å². The fourth-order valence-electron chi connectivity index (χ4n) is 0.578. The second kappa shape index (κ2) is 6.08. The summed E-state index contributed by atoms with van der Waals surface area (Å²) in [7, 11) is -1.04. The van der Waals surface area contributed by atoms with E-state index >= 15 is 0 Å². The quantitative estimate of drug-likeness (QED) is 0.704. The minimum absolute atomic E-state index is 0.0285. The molecule has 0 heterocycles. The molecule has 2 atom stereocenters. The highest BCUT2D eigenvalue weighted by Gasteiger charge is 2.20. The molecule has 0 fully saturated rings. The van der Waals surface area contributed by atoms with Gasteiger partial charge in [0.15, 0.2) is 0 Å². The zero-order valence-corrected chi connectivity index (χ0v) is 9.28. The van der Waals surface area contributed by atoms with E-state index in [-0.39, 0.29) is 9.70 Å². The molecule has 0 saturated heterocycles. The molecule has 0 aliphatic heterocycles. The largest absolute Gasteiger partial charge is 0.285 e. The number of thioether (sulfide) groups is 2. The molecule has 0 aromatic heterocycles. The number of hydrogen-bond acceptors (Lipinski definition) is 4. The maximum absolute atomic E-state index is 11.2. The molecule has 0 bridgehead atoms. The van der Waals surface area contributed by atoms with Gasteiger partial charge in [-0.1, -0.05) is 18.7 Å². The van der Waals surface area contributed by atoms with Crippen molar-refractivity contribution in [2.75, 3.05) is 18.3 Å². The highest BCUT2D eigenvalue weighted by atomic mass is 32.2. The van der Waals surface area contributed by atoms with Gasteiger partial charge in [0.2, 0.25) is 5.12 Å². The van der Waals surface area contributed by atoms with Crippen LogP contribution in [0.4, 0.5) is 0 Å². The van der Waals surface area contributed by atoms with Gasteiger partial charge >= 0.3 is 0 Å². The van der Waals surface area contributed by atoms with Crippen molar-refractivity contribution >= 4 is 39.4 Å². The lowest BCUT2D eigenvalue weighted by atomic mass is 10.9. The standard InChI is InChI=1S/C6H12O2S3/c1-4-10-5(7)6(9-2)11(3)8/h6H,4H2,1-3H3. The number of carbonyl (C=O) groups is 1. The summed E-state index contributed by atoms with van der Waals surface area (Å²) in [5, 5.41) is 0.0285. The molecule has 0 N–H and O–H groups in total. The molecule has 11 heavy (non-hydrogen) atoms. The number of carbonyl (C=O) groups excluding carboxylic acids is 1. The summed E-state index contributed by atoms with van der Waals surface area (Å²) in [6.45, 7) is 1.92. The summed E-state index contributed by atoms with van der Waals surface area (Å²) >= 11 is 2.60. The Morgan fingerprint density at radius 3 is 2.45 bits per heavy atom. The van der Waals surface area contributed by atoms with E-state index in [1.165, 1.54) is 23.5 Å². The Labute approximate surface area is 78.3 Å². The molecule has 0 spiro atoms. The van der Waals surface area contributed by atoms with Gasteiger partial charge in [-0.15, -0.1) is 11.8 Å². The molecule has 0 aliphatic carbocycles. The number of hydrogen-bond donors (Lipinski definition) is 0. The van der Waals surface area contributed by atoms with E-state index in [2.05, 4.69) is 0 Å². The Morgan fingerprint density at radius 1 is 1.64 bits per heavy atom. The third-order valence-corrected chi connectivity index (χ3v) is 4.95. The molecule has 0 saturated carbocycles. The van der Waals surface area contributed by atoms with Gasteiger partial charge in [0.25, 0.3) is 0 Å². The van der Waals surface area contributed by atoms with Crippen molar-refractivity contribution in [2.45, 2.75) is 11.5 Å². The minimum Gasteiger partial charge on any atom is -0.285 e. The topological polar surface area (TPSA) is 34.1 Å². The van der Waals surface area contributed by atoms with Crippen molar-refractivity contribution in [3.8, 4) is 0 Å². The Balaban J connectivity index is 4.03. The van der Waals surface area contributed by atoms with Crippen LogP contribution in [0, 0.1) is 0 Å². The first-order valence-electron chi connectivity index (χ1n) is 3.15. The highest BCUT2D eigenvalue weighted by Crippen LogP contribution is 2.17. The molecule has 66 valence electrons. The zero-order valence-electron chi connectivity index (χ0n) is 6.83. The lowest BCUT2D eigenvalue weighted by Crippen LogP contribution is -2.18. The van der Waals surface area contributed by atoms with E-state index in [0.29, 0.717) is 0 Å². The summed E-state index contributed by atoms with van der Waals surface area (Å²) in [6.07, 6.45) is 3.37. The van der Waals surface area contributed by atoms with Crippen molar-refractivity contribution in [3.63, 3.8) is 0 Å². The Bertz CT molecular complexity index is 158. The predicted molar refractivity (Wildman–Crippen MR) is 54.5 cm³/mol. The molecule has 5 heteroatoms. The average Bonchev–Trinajstić information content (AvgIpc) is 1.88. The number of rotatable bonds is 4. The van der Waals surface area contributed by atoms with E-state index < -0.39 is 10.8 Å². The van der Waals surface area contributed by atoms with E-state index in [0.717, 1.165) is 5.75 Å². The fourth-order valence-corrected chi connectivity index (χ4v) is 3.65. The maximum atomic E-state index is 11.2. The molecular formula is C6H12O2S3. The van der Waals surface area contributed by atoms with E-state index in [1.54, 1.807) is 12.5 Å². The van der Waals surface area contributed by atoms with Crippen LogP contribution in [-0.2, 0) is 15.6 Å². The molecule has 0 aromatic rings. The van der Waals surface area contributed by atoms with Crippen LogP contribution in [0.25, 0.3) is 0 Å². The normalized spacial score (nSPS) is 15.9. The van der Waals surface area contributed by atoms with Gasteiger partial charge in [-0.05, 0) is 12.0 Å². The van der Waals surface area contributed by atoms with Crippen LogP contribution in [0.1, 0.15) is 6.92 Å². The first kappa shape index (κ1) is 11.5. The minimum atomic E-state index is -1.04. The average molecular weight is 212 g/mol. The van der Waals surface area contributed by atoms with Gasteiger partial charge < -0.3 is 0 Å². The summed E-state index contributed by atoms with van der Waals surface area (Å²) in [6, 6.07) is 0. The second-order valence-electron chi connectivity index (χ2n) is 1.82. The van der Waals surface area contributed by atoms with E-state index in [1.807, 2.05) is 6.92 Å². The lowest BCUT2D eigenvalue weighted by molar-refractivity contribution is -0.109. The van der Waals surface area contributed by atoms with Crippen LogP contribution in [0.15, 0.2) is 0 Å². The molecule has 2 nitrogen and oxygen atoms in total. The molecular weight excluding hydrogens is 200 g/mol. The second-order valence-corrected chi connectivity index (χ2v) is 5.80. The predicted octanol–water partition coefficient (Wildman–Crippen LogP) is 1.33. The zero-order chi connectivity index (χ0) is 8.85. The molecule has 0 aromatic carbocycles. The highest BCUT2D eigenvalue weighted by molar-refractivity contribution is 8.20. The summed E-state index contributed by atoms with van der Waals surface area (Å²) < 4.78 is 10.6. The first-order valence-corrected chi connectivity index (χ1v) is 7.04. The van der Waals surface area contributed by atoms with Gasteiger partial charge in [-0.2, -0.15) is 0 Å². The van der Waals surface area contributed by atoms with Crippen molar-refractivity contribution < 1.29 is 9.00 Å². The smallest absolute Gasteiger partial charge is 0.214 e. The van der Waals surface area contributed by atoms with Crippen LogP contribution in [-0.4, -0.2) is 32.2 Å². The molecule has 2 unspecified atom stereocenters. The van der Waals surface area contributed by atoms with Gasteiger partial charge in [-0.3, -0.25) is 9.00 Å². The Morgan fingerprint density at radius 2 is 2.18 bits per heavy atom. The Hall–Kier alpha value is 0.520. The van der Waals surface area contributed by atoms with Gasteiger partial charge in [-0.25, -0.2) is 0 Å². The third-order valence-electron chi connectivity index (χ3n) is 0.995. The molecule has 0 amide bonds. The fraction of sp³-hybridized carbons (Fsp3) is 0.833. The monoisotopic (exact) mass is 212 g/mol. The third kappa shape index (κ3) is 4.18. The van der Waals surface area contributed by atoms with Crippen molar-refractivity contribution in [3.05, 3.63) is 0 Å². The lowest BCUT2D eigenvalue weighted by Gasteiger charge is -2.07. The van der Waals surface area contributed by atoms with Crippen LogP contribution in [0.2, 0.25) is 0 Å². The summed E-state index contributed by atoms with van der Waals surface area (Å²) in [5.41, 5.74) is 0. The van der Waals surface area contributed by atoms with Crippen LogP contribution in [0.3, 0.4) is 0 Å². The first-order chi connectivity index (χ1) is 5.13. The molecule has 0 aliphatic rings. The molecule has 0 radical (unpaired) electrons. The van der Waals surface area contributed by atoms with Gasteiger partial charge in [0, 0.05) is 17.1 Å². The van der Waals surface area contributed by atoms with Crippen molar-refractivity contribution in [2.24, 2.45) is 0 Å². The van der Waals surface area contributed by atoms with Gasteiger partial charge in [0.1, 0.15) is 4.58 Å². The molecule has 0 rings (SSSR count). The maximum Gasteiger partial charge on any atom is 0.214 e. The Kier molecular flexibility index (Phi) is 6.37. The summed E-state index contributed by atoms with van der Waals surface area (Å²) in [4.78, 5) is 11.2. The van der Waals surface area contributed by atoms with E-state index in [9.17, 15) is 9.00 Å². The van der Waals surface area contributed by atoms with Crippen LogP contribution in [0.5, 0.6) is 0 Å². The van der Waals surface area contributed by atoms with Crippen molar-refractivity contribution in [1.82, 2.24) is 0 Å². The van der Waals surface area contributed by atoms with Crippen molar-refractivity contribution in [1.29, 1.82) is 0 Å². The van der Waals surface area contributed by atoms with Gasteiger partial charge in [0.05, 0.1) is 0 Å². The summed E-state index contributed by atoms with van der Waals surface area (Å²) in [5.74, 6) is 0.757.